The molecule has 1 atom stereocenters. The lowest BCUT2D eigenvalue weighted by Gasteiger charge is -2.25. The van der Waals surface area contributed by atoms with E-state index in [1.54, 1.807) is 6.92 Å². The van der Waals surface area contributed by atoms with Crippen LogP contribution in [0.5, 0.6) is 0 Å². The molecule has 0 rings (SSSR count). The van der Waals surface area contributed by atoms with Crippen molar-refractivity contribution in [3.05, 3.63) is 0 Å². The molecule has 0 aromatic rings. The maximum atomic E-state index is 10.8. The van der Waals surface area contributed by atoms with Gasteiger partial charge in [-0.05, 0) is 18.8 Å². The molecule has 0 spiro atoms. The van der Waals surface area contributed by atoms with Crippen LogP contribution in [0, 0.1) is 5.41 Å². The van der Waals surface area contributed by atoms with E-state index in [2.05, 4.69) is 4.72 Å². The minimum Gasteiger partial charge on any atom is -0.396 e. The quantitative estimate of drug-likeness (QED) is 0.686. The van der Waals surface area contributed by atoms with Crippen LogP contribution in [0.3, 0.4) is 0 Å². The van der Waals surface area contributed by atoms with E-state index in [4.69, 9.17) is 5.11 Å². The summed E-state index contributed by atoms with van der Waals surface area (Å²) >= 11 is 0. The zero-order chi connectivity index (χ0) is 10.7. The zero-order valence-electron chi connectivity index (χ0n) is 8.66. The van der Waals surface area contributed by atoms with Gasteiger partial charge in [0, 0.05) is 12.6 Å². The predicted molar refractivity (Wildman–Crippen MR) is 52.9 cm³/mol. The first kappa shape index (κ1) is 12.9. The molecule has 0 amide bonds. The van der Waals surface area contributed by atoms with E-state index in [1.165, 1.54) is 0 Å². The smallest absolute Gasteiger partial charge is 0.208 e. The second-order valence-electron chi connectivity index (χ2n) is 4.32. The first-order valence-corrected chi connectivity index (χ1v) is 6.13. The summed E-state index contributed by atoms with van der Waals surface area (Å²) in [6.07, 6.45) is 1.76. The molecular weight excluding hydrogens is 190 g/mol. The summed E-state index contributed by atoms with van der Waals surface area (Å²) in [7, 11) is -3.14. The van der Waals surface area contributed by atoms with Crippen molar-refractivity contribution in [1.82, 2.24) is 4.72 Å². The molecule has 0 aliphatic heterocycles. The van der Waals surface area contributed by atoms with Crippen molar-refractivity contribution in [2.75, 3.05) is 12.9 Å². The number of sulfonamides is 1. The van der Waals surface area contributed by atoms with Crippen LogP contribution in [0.4, 0.5) is 0 Å². The van der Waals surface area contributed by atoms with E-state index in [9.17, 15) is 8.42 Å². The van der Waals surface area contributed by atoms with Crippen LogP contribution < -0.4 is 4.72 Å². The van der Waals surface area contributed by atoms with Crippen LogP contribution in [0.25, 0.3) is 0 Å². The van der Waals surface area contributed by atoms with Crippen LogP contribution in [-0.4, -0.2) is 32.4 Å². The fourth-order valence-electron chi connectivity index (χ4n) is 1.30. The average molecular weight is 209 g/mol. The highest BCUT2D eigenvalue weighted by molar-refractivity contribution is 7.88. The Morgan fingerprint density at radius 3 is 2.23 bits per heavy atom. The maximum absolute atomic E-state index is 10.8. The van der Waals surface area contributed by atoms with Crippen molar-refractivity contribution in [3.8, 4) is 0 Å². The van der Waals surface area contributed by atoms with Crippen molar-refractivity contribution in [2.24, 2.45) is 5.41 Å². The van der Waals surface area contributed by atoms with Gasteiger partial charge in [0.1, 0.15) is 0 Å². The maximum Gasteiger partial charge on any atom is 0.208 e. The van der Waals surface area contributed by atoms with Gasteiger partial charge in [0.2, 0.25) is 10.0 Å². The molecule has 0 aliphatic carbocycles. The summed E-state index contributed by atoms with van der Waals surface area (Å²) in [5, 5.41) is 8.96. The summed E-state index contributed by atoms with van der Waals surface area (Å²) in [6.45, 7) is 5.64. The fraction of sp³-hybridized carbons (Fsp3) is 1.00. The van der Waals surface area contributed by atoms with E-state index in [0.717, 1.165) is 6.26 Å². The van der Waals surface area contributed by atoms with E-state index >= 15 is 0 Å². The molecule has 0 saturated heterocycles. The topological polar surface area (TPSA) is 66.4 Å². The number of aliphatic hydroxyl groups is 1. The largest absolute Gasteiger partial charge is 0.396 e. The minimum absolute atomic E-state index is 0.0583. The van der Waals surface area contributed by atoms with Gasteiger partial charge in [-0.3, -0.25) is 0 Å². The summed E-state index contributed by atoms with van der Waals surface area (Å²) in [4.78, 5) is 0. The van der Waals surface area contributed by atoms with Crippen molar-refractivity contribution < 1.29 is 13.5 Å². The standard InChI is InChI=1S/C8H19NO3S/c1-7(9-13(4,11)12)5-8(2,3)6-10/h7,9-10H,5-6H2,1-4H3. The van der Waals surface area contributed by atoms with Gasteiger partial charge in [-0.2, -0.15) is 0 Å². The Balaban J connectivity index is 4.10. The van der Waals surface area contributed by atoms with Crippen LogP contribution >= 0.6 is 0 Å². The Morgan fingerprint density at radius 2 is 1.92 bits per heavy atom. The van der Waals surface area contributed by atoms with Gasteiger partial charge in [0.25, 0.3) is 0 Å². The van der Waals surface area contributed by atoms with Crippen LogP contribution in [0.2, 0.25) is 0 Å². The fourth-order valence-corrected chi connectivity index (χ4v) is 2.11. The molecule has 0 fully saturated rings. The number of hydrogen-bond donors (Lipinski definition) is 2. The van der Waals surface area contributed by atoms with Crippen LogP contribution in [0.15, 0.2) is 0 Å². The molecule has 13 heavy (non-hydrogen) atoms. The molecular formula is C8H19NO3S. The minimum atomic E-state index is -3.14. The van der Waals surface area contributed by atoms with Gasteiger partial charge in [-0.1, -0.05) is 13.8 Å². The van der Waals surface area contributed by atoms with Crippen LogP contribution in [-0.2, 0) is 10.0 Å². The van der Waals surface area contributed by atoms with Gasteiger partial charge in [0.05, 0.1) is 6.26 Å². The third kappa shape index (κ3) is 6.98. The molecule has 0 saturated carbocycles. The molecule has 80 valence electrons. The van der Waals surface area contributed by atoms with Crippen molar-refractivity contribution in [2.45, 2.75) is 33.2 Å². The third-order valence-corrected chi connectivity index (χ3v) is 2.53. The Kier molecular flexibility index (Phi) is 4.35. The molecule has 0 aliphatic rings. The molecule has 0 aromatic carbocycles. The van der Waals surface area contributed by atoms with Crippen molar-refractivity contribution in [1.29, 1.82) is 0 Å². The Labute approximate surface area is 80.4 Å². The molecule has 0 bridgehead atoms. The molecule has 5 heteroatoms. The molecule has 0 radical (unpaired) electrons. The monoisotopic (exact) mass is 209 g/mol. The zero-order valence-corrected chi connectivity index (χ0v) is 9.48. The van der Waals surface area contributed by atoms with E-state index < -0.39 is 10.0 Å². The summed E-state index contributed by atoms with van der Waals surface area (Å²) < 4.78 is 24.2. The van der Waals surface area contributed by atoms with Gasteiger partial charge >= 0.3 is 0 Å². The Bertz CT molecular complexity index is 246. The van der Waals surface area contributed by atoms with E-state index in [-0.39, 0.29) is 18.1 Å². The third-order valence-electron chi connectivity index (χ3n) is 1.70. The van der Waals surface area contributed by atoms with Gasteiger partial charge in [0.15, 0.2) is 0 Å². The van der Waals surface area contributed by atoms with Crippen LogP contribution in [0.1, 0.15) is 27.2 Å². The first-order valence-electron chi connectivity index (χ1n) is 4.24. The second kappa shape index (κ2) is 4.39. The predicted octanol–water partition coefficient (Wildman–Crippen LogP) is 0.333. The number of nitrogens with one attached hydrogen (secondary N) is 1. The lowest BCUT2D eigenvalue weighted by atomic mass is 9.87. The lowest BCUT2D eigenvalue weighted by Crippen LogP contribution is -2.36. The number of aliphatic hydroxyl groups excluding tert-OH is 1. The average Bonchev–Trinajstić information content (AvgIpc) is 1.81. The number of hydrogen-bond acceptors (Lipinski definition) is 3. The van der Waals surface area contributed by atoms with Gasteiger partial charge < -0.3 is 5.11 Å². The summed E-state index contributed by atoms with van der Waals surface area (Å²) in [5.74, 6) is 0. The van der Waals surface area contributed by atoms with E-state index in [0.29, 0.717) is 6.42 Å². The Hall–Kier alpha value is -0.130. The van der Waals surface area contributed by atoms with Crippen molar-refractivity contribution in [3.63, 3.8) is 0 Å². The molecule has 1 unspecified atom stereocenters. The molecule has 0 heterocycles. The normalized spacial score (nSPS) is 15.8. The lowest BCUT2D eigenvalue weighted by molar-refractivity contribution is 0.142. The SMILES string of the molecule is CC(CC(C)(C)CO)NS(C)(=O)=O. The first-order chi connectivity index (χ1) is 5.66. The molecule has 2 N–H and O–H groups in total. The Morgan fingerprint density at radius 1 is 1.46 bits per heavy atom. The van der Waals surface area contributed by atoms with Crippen molar-refractivity contribution >= 4 is 10.0 Å². The summed E-state index contributed by atoms with van der Waals surface area (Å²) in [6, 6.07) is -0.142. The highest BCUT2D eigenvalue weighted by Crippen LogP contribution is 2.21. The van der Waals surface area contributed by atoms with Gasteiger partial charge in [-0.25, -0.2) is 13.1 Å². The molecule has 4 nitrogen and oxygen atoms in total. The molecule has 0 aromatic heterocycles. The second-order valence-corrected chi connectivity index (χ2v) is 6.10. The highest BCUT2D eigenvalue weighted by Gasteiger charge is 2.21. The number of rotatable bonds is 5. The van der Waals surface area contributed by atoms with E-state index in [1.807, 2.05) is 13.8 Å². The van der Waals surface area contributed by atoms with Gasteiger partial charge in [-0.15, -0.1) is 0 Å². The summed E-state index contributed by atoms with van der Waals surface area (Å²) in [5.41, 5.74) is -0.239. The highest BCUT2D eigenvalue weighted by atomic mass is 32.2.